The van der Waals surface area contributed by atoms with Crippen LogP contribution in [-0.2, 0) is 4.79 Å². The van der Waals surface area contributed by atoms with Crippen LogP contribution in [-0.4, -0.2) is 66.2 Å². The van der Waals surface area contributed by atoms with Gasteiger partial charge in [-0.15, -0.1) is 0 Å². The molecule has 31 heavy (non-hydrogen) atoms. The van der Waals surface area contributed by atoms with Crippen LogP contribution in [0.4, 0.5) is 10.6 Å². The quantitative estimate of drug-likeness (QED) is 0.583. The zero-order valence-corrected chi connectivity index (χ0v) is 18.4. The molecule has 0 radical (unpaired) electrons. The SMILES string of the molecule is O=C(NCCC(=O)N1CCN(c2ccccn2)CC1)NCC(O)c1ccc(Cl)c(Cl)c1. The van der Waals surface area contributed by atoms with Gasteiger partial charge >= 0.3 is 6.03 Å². The second-order valence-electron chi connectivity index (χ2n) is 7.13. The Bertz CT molecular complexity index is 892. The number of anilines is 1. The number of halogens is 2. The molecule has 0 spiro atoms. The zero-order valence-electron chi connectivity index (χ0n) is 16.9. The minimum absolute atomic E-state index is 0.00295. The van der Waals surface area contributed by atoms with E-state index in [9.17, 15) is 14.7 Å². The summed E-state index contributed by atoms with van der Waals surface area (Å²) in [6, 6.07) is 10.1. The van der Waals surface area contributed by atoms with E-state index in [2.05, 4.69) is 20.5 Å². The summed E-state index contributed by atoms with van der Waals surface area (Å²) in [5.41, 5.74) is 0.551. The van der Waals surface area contributed by atoms with Crippen molar-refractivity contribution in [3.8, 4) is 0 Å². The maximum absolute atomic E-state index is 12.4. The largest absolute Gasteiger partial charge is 0.387 e. The molecule has 1 aromatic carbocycles. The Hall–Kier alpha value is -2.55. The Kier molecular flexibility index (Phi) is 8.34. The van der Waals surface area contributed by atoms with Crippen molar-refractivity contribution in [2.75, 3.05) is 44.2 Å². The van der Waals surface area contributed by atoms with Gasteiger partial charge in [0.05, 0.1) is 16.1 Å². The molecule has 1 atom stereocenters. The normalized spacial score (nSPS) is 14.8. The van der Waals surface area contributed by atoms with Crippen molar-refractivity contribution in [1.29, 1.82) is 0 Å². The summed E-state index contributed by atoms with van der Waals surface area (Å²) in [5.74, 6) is 0.910. The van der Waals surface area contributed by atoms with Gasteiger partial charge in [0.15, 0.2) is 0 Å². The molecule has 0 bridgehead atoms. The first-order valence-electron chi connectivity index (χ1n) is 10.0. The number of nitrogens with one attached hydrogen (secondary N) is 2. The lowest BCUT2D eigenvalue weighted by Gasteiger charge is -2.35. The summed E-state index contributed by atoms with van der Waals surface area (Å²) < 4.78 is 0. The second-order valence-corrected chi connectivity index (χ2v) is 7.95. The number of piperazine rings is 1. The molecule has 2 aromatic rings. The summed E-state index contributed by atoms with van der Waals surface area (Å²) in [4.78, 5) is 32.6. The molecular formula is C21H25Cl2N5O3. The number of benzene rings is 1. The van der Waals surface area contributed by atoms with E-state index in [1.807, 2.05) is 18.2 Å². The molecule has 10 heteroatoms. The molecule has 1 aliphatic rings. The van der Waals surface area contributed by atoms with E-state index in [1.165, 1.54) is 0 Å². The number of hydrogen-bond donors (Lipinski definition) is 3. The van der Waals surface area contributed by atoms with Crippen LogP contribution in [0.15, 0.2) is 42.6 Å². The Labute approximate surface area is 191 Å². The Morgan fingerprint density at radius 2 is 1.84 bits per heavy atom. The van der Waals surface area contributed by atoms with Gasteiger partial charge in [0.2, 0.25) is 5.91 Å². The van der Waals surface area contributed by atoms with Crippen LogP contribution in [0.3, 0.4) is 0 Å². The molecule has 0 aliphatic carbocycles. The van der Waals surface area contributed by atoms with Crippen molar-refractivity contribution >= 4 is 41.0 Å². The first kappa shape index (κ1) is 23.1. The zero-order chi connectivity index (χ0) is 22.2. The van der Waals surface area contributed by atoms with Crippen molar-refractivity contribution in [3.05, 3.63) is 58.2 Å². The van der Waals surface area contributed by atoms with E-state index in [-0.39, 0.29) is 25.4 Å². The topological polar surface area (TPSA) is 97.8 Å². The van der Waals surface area contributed by atoms with Crippen LogP contribution >= 0.6 is 23.2 Å². The molecular weight excluding hydrogens is 441 g/mol. The van der Waals surface area contributed by atoms with Crippen molar-refractivity contribution in [2.24, 2.45) is 0 Å². The molecule has 166 valence electrons. The van der Waals surface area contributed by atoms with E-state index >= 15 is 0 Å². The third kappa shape index (κ3) is 6.72. The smallest absolute Gasteiger partial charge is 0.314 e. The van der Waals surface area contributed by atoms with Crippen molar-refractivity contribution in [3.63, 3.8) is 0 Å². The van der Waals surface area contributed by atoms with Gasteiger partial charge in [-0.3, -0.25) is 4.79 Å². The highest BCUT2D eigenvalue weighted by atomic mass is 35.5. The van der Waals surface area contributed by atoms with Crippen LogP contribution in [0.1, 0.15) is 18.1 Å². The standard InChI is InChI=1S/C21H25Cl2N5O3/c22-16-5-4-15(13-17(16)23)18(29)14-26-21(31)25-8-6-20(30)28-11-9-27(10-12-28)19-3-1-2-7-24-19/h1-5,7,13,18,29H,6,8-12,14H2,(H2,25,26,31). The van der Waals surface area contributed by atoms with E-state index in [0.29, 0.717) is 28.7 Å². The number of amides is 3. The van der Waals surface area contributed by atoms with Gasteiger partial charge in [0, 0.05) is 51.9 Å². The maximum atomic E-state index is 12.4. The predicted octanol–water partition coefficient (Wildman–Crippen LogP) is 2.46. The molecule has 0 saturated carbocycles. The lowest BCUT2D eigenvalue weighted by atomic mass is 10.1. The molecule has 1 unspecified atom stereocenters. The number of aliphatic hydroxyl groups excluding tert-OH is 1. The number of nitrogens with zero attached hydrogens (tertiary/aromatic N) is 3. The summed E-state index contributed by atoms with van der Waals surface area (Å²) in [6.45, 7) is 2.92. The van der Waals surface area contributed by atoms with Crippen molar-refractivity contribution in [2.45, 2.75) is 12.5 Å². The van der Waals surface area contributed by atoms with E-state index in [4.69, 9.17) is 23.2 Å². The number of urea groups is 1. The minimum atomic E-state index is -0.919. The minimum Gasteiger partial charge on any atom is -0.387 e. The Balaban J connectivity index is 1.33. The number of hydrogen-bond acceptors (Lipinski definition) is 5. The molecule has 1 fully saturated rings. The van der Waals surface area contributed by atoms with Gasteiger partial charge in [0.1, 0.15) is 5.82 Å². The Morgan fingerprint density at radius 1 is 1.06 bits per heavy atom. The highest BCUT2D eigenvalue weighted by Crippen LogP contribution is 2.25. The Morgan fingerprint density at radius 3 is 2.52 bits per heavy atom. The second kappa shape index (κ2) is 11.2. The molecule has 3 N–H and O–H groups in total. The number of aliphatic hydroxyl groups is 1. The maximum Gasteiger partial charge on any atom is 0.314 e. The summed E-state index contributed by atoms with van der Waals surface area (Å²) in [7, 11) is 0. The summed E-state index contributed by atoms with van der Waals surface area (Å²) in [5, 5.41) is 16.1. The van der Waals surface area contributed by atoms with E-state index < -0.39 is 12.1 Å². The van der Waals surface area contributed by atoms with Crippen LogP contribution in [0.25, 0.3) is 0 Å². The molecule has 1 saturated heterocycles. The van der Waals surface area contributed by atoms with Gasteiger partial charge in [-0.2, -0.15) is 0 Å². The van der Waals surface area contributed by atoms with Gasteiger partial charge in [-0.1, -0.05) is 35.3 Å². The van der Waals surface area contributed by atoms with Crippen LogP contribution in [0.5, 0.6) is 0 Å². The number of carbonyl (C=O) groups excluding carboxylic acids is 2. The fourth-order valence-corrected chi connectivity index (χ4v) is 3.56. The third-order valence-corrected chi connectivity index (χ3v) is 5.75. The first-order chi connectivity index (χ1) is 14.9. The van der Waals surface area contributed by atoms with Crippen molar-refractivity contribution < 1.29 is 14.7 Å². The lowest BCUT2D eigenvalue weighted by Crippen LogP contribution is -2.49. The predicted molar refractivity (Wildman–Crippen MR) is 120 cm³/mol. The monoisotopic (exact) mass is 465 g/mol. The van der Waals surface area contributed by atoms with Gasteiger partial charge in [-0.25, -0.2) is 9.78 Å². The first-order valence-corrected chi connectivity index (χ1v) is 10.8. The molecule has 3 rings (SSSR count). The summed E-state index contributed by atoms with van der Waals surface area (Å²) in [6.07, 6.45) is 1.05. The number of rotatable bonds is 7. The molecule has 8 nitrogen and oxygen atoms in total. The van der Waals surface area contributed by atoms with Crippen LogP contribution in [0, 0.1) is 0 Å². The molecule has 1 aliphatic heterocycles. The molecule has 3 amide bonds. The van der Waals surface area contributed by atoms with Gasteiger partial charge in [0.25, 0.3) is 0 Å². The van der Waals surface area contributed by atoms with Crippen molar-refractivity contribution in [1.82, 2.24) is 20.5 Å². The molecule has 2 heterocycles. The lowest BCUT2D eigenvalue weighted by molar-refractivity contribution is -0.131. The van der Waals surface area contributed by atoms with Crippen LogP contribution in [0.2, 0.25) is 10.0 Å². The highest BCUT2D eigenvalue weighted by molar-refractivity contribution is 6.42. The average Bonchev–Trinajstić information content (AvgIpc) is 2.80. The number of carbonyl (C=O) groups is 2. The fraction of sp³-hybridized carbons (Fsp3) is 0.381. The number of aromatic nitrogens is 1. The van der Waals surface area contributed by atoms with E-state index in [1.54, 1.807) is 29.3 Å². The van der Waals surface area contributed by atoms with Crippen LogP contribution < -0.4 is 15.5 Å². The van der Waals surface area contributed by atoms with E-state index in [0.717, 1.165) is 18.9 Å². The molecule has 1 aromatic heterocycles. The third-order valence-electron chi connectivity index (χ3n) is 5.01. The number of pyridine rings is 1. The van der Waals surface area contributed by atoms with Gasteiger partial charge < -0.3 is 25.5 Å². The van der Waals surface area contributed by atoms with Gasteiger partial charge in [-0.05, 0) is 29.8 Å². The average molecular weight is 466 g/mol. The highest BCUT2D eigenvalue weighted by Gasteiger charge is 2.21. The summed E-state index contributed by atoms with van der Waals surface area (Å²) >= 11 is 11.8. The fourth-order valence-electron chi connectivity index (χ4n) is 3.26.